The number of amides is 3. The fourth-order valence-corrected chi connectivity index (χ4v) is 4.74. The first kappa shape index (κ1) is 26.6. The number of nitrogens with zero attached hydrogens (tertiary/aromatic N) is 1. The third-order valence-corrected chi connectivity index (χ3v) is 6.87. The van der Waals surface area contributed by atoms with Crippen molar-refractivity contribution in [1.82, 2.24) is 15.6 Å². The summed E-state index contributed by atoms with van der Waals surface area (Å²) < 4.78 is 0.878. The second kappa shape index (κ2) is 13.2. The molecule has 3 amide bonds. The number of carbonyl (C=O) groups excluding carboxylic acids is 3. The molecule has 35 heavy (non-hydrogen) atoms. The van der Waals surface area contributed by atoms with Gasteiger partial charge in [-0.2, -0.15) is 0 Å². The highest BCUT2D eigenvalue weighted by molar-refractivity contribution is 14.1. The Labute approximate surface area is 218 Å². The van der Waals surface area contributed by atoms with Gasteiger partial charge in [-0.25, -0.2) is 0 Å². The average molecular weight is 590 g/mol. The number of nitrogens with one attached hydrogen (secondary N) is 4. The molecule has 1 aliphatic carbocycles. The average Bonchev–Trinajstić information content (AvgIpc) is 3.33. The van der Waals surface area contributed by atoms with Gasteiger partial charge in [0.15, 0.2) is 0 Å². The third kappa shape index (κ3) is 7.74. The van der Waals surface area contributed by atoms with Crippen molar-refractivity contribution in [3.63, 3.8) is 0 Å². The molecule has 186 valence electrons. The first-order chi connectivity index (χ1) is 16.9. The number of carbonyl (C=O) groups is 3. The zero-order chi connectivity index (χ0) is 25.2. The van der Waals surface area contributed by atoms with Crippen LogP contribution in [0.15, 0.2) is 48.8 Å². The van der Waals surface area contributed by atoms with Gasteiger partial charge in [-0.05, 0) is 54.1 Å². The van der Waals surface area contributed by atoms with Gasteiger partial charge in [0.25, 0.3) is 5.91 Å². The molecule has 0 spiro atoms. The molecule has 1 heterocycles. The molecule has 0 radical (unpaired) electrons. The molecule has 3 atom stereocenters. The van der Waals surface area contributed by atoms with Gasteiger partial charge in [0.1, 0.15) is 11.8 Å². The van der Waals surface area contributed by atoms with E-state index in [0.29, 0.717) is 18.0 Å². The van der Waals surface area contributed by atoms with Gasteiger partial charge in [0.2, 0.25) is 11.8 Å². The molecule has 9 nitrogen and oxygen atoms in total. The minimum absolute atomic E-state index is 0.0857. The summed E-state index contributed by atoms with van der Waals surface area (Å²) in [6, 6.07) is 11.3. The minimum atomic E-state index is -0.874. The molecule has 0 aliphatic heterocycles. The van der Waals surface area contributed by atoms with Gasteiger partial charge in [-0.1, -0.05) is 52.9 Å². The molecule has 10 heteroatoms. The molecule has 1 aromatic carbocycles. The summed E-state index contributed by atoms with van der Waals surface area (Å²) in [6.45, 7) is -0.141. The van der Waals surface area contributed by atoms with Crippen LogP contribution >= 0.6 is 22.6 Å². The monoisotopic (exact) mass is 590 g/mol. The molecule has 1 aliphatic rings. The number of hydrogen-bond donors (Lipinski definition) is 5. The maximum atomic E-state index is 13.0. The van der Waals surface area contributed by atoms with Crippen LogP contribution in [-0.4, -0.2) is 51.5 Å². The Kier molecular flexibility index (Phi) is 10.0. The van der Waals surface area contributed by atoms with Crippen molar-refractivity contribution in [2.45, 2.75) is 50.1 Å². The summed E-state index contributed by atoms with van der Waals surface area (Å²) in [4.78, 5) is 41.1. The molecule has 1 unspecified atom stereocenters. The Hall–Kier alpha value is -3.02. The molecular formula is C25H31IN6O3. The summed E-state index contributed by atoms with van der Waals surface area (Å²) >= 11 is 2.25. The van der Waals surface area contributed by atoms with Crippen molar-refractivity contribution in [3.05, 3.63) is 59.9 Å². The maximum Gasteiger partial charge on any atom is 0.267 e. The van der Waals surface area contributed by atoms with Crippen LogP contribution in [0.3, 0.4) is 0 Å². The molecule has 2 aromatic rings. The number of anilines is 1. The molecule has 0 bridgehead atoms. The van der Waals surface area contributed by atoms with E-state index in [1.807, 2.05) is 18.2 Å². The molecule has 0 saturated heterocycles. The zero-order valence-electron chi connectivity index (χ0n) is 19.4. The van der Waals surface area contributed by atoms with Crippen LogP contribution in [0.1, 0.15) is 49.1 Å². The first-order valence-corrected chi connectivity index (χ1v) is 13.2. The second-order valence-electron chi connectivity index (χ2n) is 8.59. The van der Waals surface area contributed by atoms with E-state index in [1.165, 1.54) is 24.0 Å². The number of alkyl halides is 1. The van der Waals surface area contributed by atoms with Crippen molar-refractivity contribution < 1.29 is 14.4 Å². The van der Waals surface area contributed by atoms with Crippen LogP contribution < -0.4 is 21.7 Å². The van der Waals surface area contributed by atoms with E-state index in [9.17, 15) is 14.4 Å². The van der Waals surface area contributed by atoms with Gasteiger partial charge in [-0.15, -0.1) is 0 Å². The summed E-state index contributed by atoms with van der Waals surface area (Å²) in [6.07, 6.45) is 7.02. The van der Waals surface area contributed by atoms with Crippen molar-refractivity contribution >= 4 is 51.7 Å². The molecule has 3 rings (SSSR count). The lowest BCUT2D eigenvalue weighted by Gasteiger charge is -2.21. The molecule has 1 saturated carbocycles. The van der Waals surface area contributed by atoms with Gasteiger partial charge >= 0.3 is 0 Å². The summed E-state index contributed by atoms with van der Waals surface area (Å²) in [5.41, 5.74) is 6.73. The predicted octanol–water partition coefficient (Wildman–Crippen LogP) is 2.50. The van der Waals surface area contributed by atoms with Gasteiger partial charge < -0.3 is 21.7 Å². The predicted molar refractivity (Wildman–Crippen MR) is 144 cm³/mol. The standard InChI is InChI=1S/C25H31IN6O3/c26-11-4-7-20(25(35)31-18-9-8-17(13-18)16-5-2-1-3-6-16)32-22(33)15-30-21-14-29-12-10-19(21)23(27)24(28)34/h1-3,5-6,10,12,14,17-18,20,27,30H,4,7-9,11,13,15H2,(H2,28,34)(H,31,35)(H,32,33)/t17-,18?,20+/m1/s1. The molecule has 1 fully saturated rings. The SMILES string of the molecule is N=C(C(N)=O)c1ccncc1NCC(=O)N[C@@H](CCCI)C(=O)NC1CC[C@@H](c2ccccc2)C1. The Morgan fingerprint density at radius 2 is 1.94 bits per heavy atom. The quantitative estimate of drug-likeness (QED) is 0.146. The lowest BCUT2D eigenvalue weighted by Crippen LogP contribution is -2.50. The van der Waals surface area contributed by atoms with Crippen molar-refractivity contribution in [2.75, 3.05) is 16.3 Å². The summed E-state index contributed by atoms with van der Waals surface area (Å²) in [7, 11) is 0. The molecule has 1 aromatic heterocycles. The zero-order valence-corrected chi connectivity index (χ0v) is 21.6. The van der Waals surface area contributed by atoms with E-state index in [-0.39, 0.29) is 35.7 Å². The van der Waals surface area contributed by atoms with E-state index < -0.39 is 11.9 Å². The number of pyridine rings is 1. The van der Waals surface area contributed by atoms with Gasteiger partial charge in [0, 0.05) is 17.8 Å². The fraction of sp³-hybridized carbons (Fsp3) is 0.400. The minimum Gasteiger partial charge on any atom is -0.374 e. The lowest BCUT2D eigenvalue weighted by atomic mass is 9.97. The summed E-state index contributed by atoms with van der Waals surface area (Å²) in [5.74, 6) is -0.978. The van der Waals surface area contributed by atoms with E-state index in [2.05, 4.69) is 55.7 Å². The lowest BCUT2D eigenvalue weighted by molar-refractivity contribution is -0.128. The van der Waals surface area contributed by atoms with Crippen LogP contribution in [0.2, 0.25) is 0 Å². The van der Waals surface area contributed by atoms with Gasteiger partial charge in [-0.3, -0.25) is 24.8 Å². The number of rotatable bonds is 12. The maximum absolute atomic E-state index is 13.0. The van der Waals surface area contributed by atoms with E-state index in [1.54, 1.807) is 0 Å². The Bertz CT molecular complexity index is 1050. The highest BCUT2D eigenvalue weighted by Crippen LogP contribution is 2.34. The molecule has 6 N–H and O–H groups in total. The normalized spacial score (nSPS) is 17.9. The van der Waals surface area contributed by atoms with E-state index in [0.717, 1.165) is 30.1 Å². The fourth-order valence-electron chi connectivity index (χ4n) is 4.30. The topological polar surface area (TPSA) is 150 Å². The van der Waals surface area contributed by atoms with Crippen LogP contribution in [0.4, 0.5) is 5.69 Å². The number of halogens is 1. The van der Waals surface area contributed by atoms with Crippen LogP contribution in [0.25, 0.3) is 0 Å². The van der Waals surface area contributed by atoms with Gasteiger partial charge in [0.05, 0.1) is 18.4 Å². The van der Waals surface area contributed by atoms with Crippen LogP contribution in [0.5, 0.6) is 0 Å². The van der Waals surface area contributed by atoms with E-state index in [4.69, 9.17) is 11.1 Å². The number of nitrogens with two attached hydrogens (primary N) is 1. The molecular weight excluding hydrogens is 559 g/mol. The number of primary amides is 1. The number of aromatic nitrogens is 1. The Morgan fingerprint density at radius 3 is 2.66 bits per heavy atom. The first-order valence-electron chi connectivity index (χ1n) is 11.7. The van der Waals surface area contributed by atoms with Crippen LogP contribution in [-0.2, 0) is 14.4 Å². The summed E-state index contributed by atoms with van der Waals surface area (Å²) in [5, 5.41) is 16.7. The smallest absolute Gasteiger partial charge is 0.267 e. The largest absolute Gasteiger partial charge is 0.374 e. The van der Waals surface area contributed by atoms with Crippen molar-refractivity contribution in [3.8, 4) is 0 Å². The highest BCUT2D eigenvalue weighted by atomic mass is 127. The second-order valence-corrected chi connectivity index (χ2v) is 9.67. The number of hydrogen-bond acceptors (Lipinski definition) is 6. The van der Waals surface area contributed by atoms with Crippen molar-refractivity contribution in [1.29, 1.82) is 5.41 Å². The van der Waals surface area contributed by atoms with E-state index >= 15 is 0 Å². The number of benzene rings is 1. The highest BCUT2D eigenvalue weighted by Gasteiger charge is 2.29. The third-order valence-electron chi connectivity index (χ3n) is 6.10. The van der Waals surface area contributed by atoms with Crippen molar-refractivity contribution in [2.24, 2.45) is 5.73 Å². The van der Waals surface area contributed by atoms with Crippen LogP contribution in [0, 0.1) is 5.41 Å². The Balaban J connectivity index is 1.56. The Morgan fingerprint density at radius 1 is 1.17 bits per heavy atom.